The van der Waals surface area contributed by atoms with Crippen molar-refractivity contribution in [1.29, 1.82) is 0 Å². The van der Waals surface area contributed by atoms with E-state index in [1.54, 1.807) is 11.9 Å². The number of urea groups is 1. The zero-order valence-electron chi connectivity index (χ0n) is 19.9. The van der Waals surface area contributed by atoms with Gasteiger partial charge in [0.25, 0.3) is 5.91 Å². The van der Waals surface area contributed by atoms with E-state index in [0.29, 0.717) is 19.2 Å². The van der Waals surface area contributed by atoms with Crippen molar-refractivity contribution in [3.63, 3.8) is 0 Å². The van der Waals surface area contributed by atoms with Crippen molar-refractivity contribution < 1.29 is 14.3 Å². The quantitative estimate of drug-likeness (QED) is 0.620. The smallest absolute Gasteiger partial charge is 0.328 e. The van der Waals surface area contributed by atoms with Gasteiger partial charge < -0.3 is 9.64 Å². The summed E-state index contributed by atoms with van der Waals surface area (Å²) in [5, 5.41) is 0. The maximum Gasteiger partial charge on any atom is 0.328 e. The highest BCUT2D eigenvalue weighted by molar-refractivity contribution is 6.16. The highest BCUT2D eigenvalue weighted by Crippen LogP contribution is 2.41. The second-order valence-corrected chi connectivity index (χ2v) is 8.78. The van der Waals surface area contributed by atoms with Crippen molar-refractivity contribution in [2.75, 3.05) is 31.7 Å². The number of fused-ring (bicyclic) bond motifs is 3. The van der Waals surface area contributed by atoms with Crippen LogP contribution in [-0.2, 0) is 9.53 Å². The van der Waals surface area contributed by atoms with E-state index < -0.39 is 12.2 Å². The summed E-state index contributed by atoms with van der Waals surface area (Å²) in [5.74, 6) is 0.401. The maximum atomic E-state index is 13.6. The lowest BCUT2D eigenvalue weighted by atomic mass is 10.1. The number of nitrogens with zero attached hydrogens (tertiary/aromatic N) is 5. The van der Waals surface area contributed by atoms with Gasteiger partial charge in [-0.3, -0.25) is 19.5 Å². The Kier molecular flexibility index (Phi) is 5.61. The Labute approximate surface area is 199 Å². The number of carbonyl (C=O) groups is 2. The first-order valence-electron chi connectivity index (χ1n) is 11.6. The Balaban J connectivity index is 1.58. The highest BCUT2D eigenvalue weighted by atomic mass is 16.5. The molecule has 8 heteroatoms. The maximum absolute atomic E-state index is 13.6. The van der Waals surface area contributed by atoms with Crippen molar-refractivity contribution in [3.05, 3.63) is 71.4 Å². The number of aliphatic imine (C=N–C) groups is 1. The van der Waals surface area contributed by atoms with Crippen molar-refractivity contribution in [3.8, 4) is 0 Å². The van der Waals surface area contributed by atoms with Crippen LogP contribution in [0.25, 0.3) is 5.70 Å². The van der Waals surface area contributed by atoms with Crippen LogP contribution in [0.2, 0.25) is 0 Å². The van der Waals surface area contributed by atoms with Crippen LogP contribution in [0.1, 0.15) is 23.6 Å². The molecule has 0 radical (unpaired) electrons. The van der Waals surface area contributed by atoms with Gasteiger partial charge in [0.2, 0.25) is 5.96 Å². The third-order valence-electron chi connectivity index (χ3n) is 6.54. The molecule has 0 spiro atoms. The van der Waals surface area contributed by atoms with E-state index in [1.807, 2.05) is 36.2 Å². The van der Waals surface area contributed by atoms with Crippen molar-refractivity contribution >= 4 is 29.3 Å². The minimum absolute atomic E-state index is 0.221. The lowest BCUT2D eigenvalue weighted by molar-refractivity contribution is -0.137. The van der Waals surface area contributed by atoms with Crippen LogP contribution in [0.15, 0.2) is 59.7 Å². The van der Waals surface area contributed by atoms with Gasteiger partial charge in [-0.25, -0.2) is 9.79 Å². The Morgan fingerprint density at radius 1 is 1.06 bits per heavy atom. The number of imide groups is 1. The molecule has 1 saturated heterocycles. The van der Waals surface area contributed by atoms with E-state index >= 15 is 0 Å². The number of likely N-dealkylation sites (N-methyl/N-ethyl adjacent to an activating group) is 1. The van der Waals surface area contributed by atoms with Crippen LogP contribution in [0.5, 0.6) is 0 Å². The molecule has 2 unspecified atom stereocenters. The molecule has 5 rings (SSSR count). The van der Waals surface area contributed by atoms with Gasteiger partial charge in [0.1, 0.15) is 0 Å². The number of rotatable bonds is 6. The molecule has 3 aliphatic heterocycles. The SMILES string of the molecule is CCOCCN1C(=O)C2C(N=C3N(c4ccc(C)cc4C)C(c4ccccc4)=CN32)N(C)C1=O. The van der Waals surface area contributed by atoms with Gasteiger partial charge in [-0.1, -0.05) is 48.0 Å². The van der Waals surface area contributed by atoms with Gasteiger partial charge in [0.05, 0.1) is 24.5 Å². The molecule has 0 saturated carbocycles. The van der Waals surface area contributed by atoms with Gasteiger partial charge in [0.15, 0.2) is 12.2 Å². The minimum atomic E-state index is -0.617. The summed E-state index contributed by atoms with van der Waals surface area (Å²) < 4.78 is 5.41. The summed E-state index contributed by atoms with van der Waals surface area (Å²) in [4.78, 5) is 38.3. The van der Waals surface area contributed by atoms with E-state index in [0.717, 1.165) is 22.5 Å². The first kappa shape index (κ1) is 22.2. The number of guanidine groups is 1. The Hall–Kier alpha value is -3.65. The molecule has 0 N–H and O–H groups in total. The monoisotopic (exact) mass is 459 g/mol. The number of amides is 3. The van der Waals surface area contributed by atoms with Crippen LogP contribution in [0.3, 0.4) is 0 Å². The second kappa shape index (κ2) is 8.61. The molecule has 8 nitrogen and oxygen atoms in total. The Morgan fingerprint density at radius 3 is 2.53 bits per heavy atom. The topological polar surface area (TPSA) is 68.7 Å². The van der Waals surface area contributed by atoms with E-state index in [1.165, 1.54) is 10.5 Å². The molecule has 0 aromatic heterocycles. The predicted octanol–water partition coefficient (Wildman–Crippen LogP) is 3.42. The van der Waals surface area contributed by atoms with Crippen LogP contribution < -0.4 is 4.90 Å². The standard InChI is InChI=1S/C26H29N5O3/c1-5-34-14-13-29-24(32)22-23(28(4)26(29)33)27-25-30(22)16-21(19-9-7-6-8-10-19)31(25)20-12-11-17(2)15-18(20)3/h6-12,15-16,22-23H,5,13-14H2,1-4H3. The molecule has 0 bridgehead atoms. The van der Waals surface area contributed by atoms with E-state index in [9.17, 15) is 9.59 Å². The van der Waals surface area contributed by atoms with Gasteiger partial charge in [-0.15, -0.1) is 0 Å². The van der Waals surface area contributed by atoms with E-state index in [4.69, 9.17) is 9.73 Å². The zero-order valence-corrected chi connectivity index (χ0v) is 19.9. The molecule has 34 heavy (non-hydrogen) atoms. The largest absolute Gasteiger partial charge is 0.380 e. The van der Waals surface area contributed by atoms with E-state index in [2.05, 4.69) is 49.1 Å². The fraction of sp³-hybridized carbons (Fsp3) is 0.346. The molecule has 176 valence electrons. The van der Waals surface area contributed by atoms with Gasteiger partial charge in [-0.2, -0.15) is 0 Å². The first-order valence-corrected chi connectivity index (χ1v) is 11.6. The lowest BCUT2D eigenvalue weighted by Crippen LogP contribution is -2.64. The normalized spacial score (nSPS) is 21.6. The zero-order chi connectivity index (χ0) is 24.0. The number of carbonyl (C=O) groups excluding carboxylic acids is 2. The summed E-state index contributed by atoms with van der Waals surface area (Å²) in [6.45, 7) is 7.10. The summed E-state index contributed by atoms with van der Waals surface area (Å²) in [5.41, 5.74) is 5.25. The molecule has 2 aromatic carbocycles. The number of ether oxygens (including phenoxy) is 1. The number of hydrogen-bond donors (Lipinski definition) is 0. The molecule has 3 aliphatic rings. The van der Waals surface area contributed by atoms with Crippen LogP contribution >= 0.6 is 0 Å². The highest BCUT2D eigenvalue weighted by Gasteiger charge is 2.54. The average Bonchev–Trinajstić information content (AvgIpc) is 3.37. The summed E-state index contributed by atoms with van der Waals surface area (Å²) in [6, 6.07) is 15.4. The van der Waals surface area contributed by atoms with Gasteiger partial charge in [-0.05, 0) is 32.4 Å². The van der Waals surface area contributed by atoms with Gasteiger partial charge in [0, 0.05) is 25.4 Å². The molecule has 2 aromatic rings. The lowest BCUT2D eigenvalue weighted by Gasteiger charge is -2.40. The number of hydrogen-bond acceptors (Lipinski definition) is 6. The van der Waals surface area contributed by atoms with Crippen LogP contribution in [0, 0.1) is 13.8 Å². The fourth-order valence-electron chi connectivity index (χ4n) is 4.85. The third kappa shape index (κ3) is 3.45. The molecule has 1 fully saturated rings. The Bertz CT molecular complexity index is 1190. The fourth-order valence-corrected chi connectivity index (χ4v) is 4.85. The molecule has 3 amide bonds. The average molecular weight is 460 g/mol. The van der Waals surface area contributed by atoms with E-state index in [-0.39, 0.29) is 18.5 Å². The Morgan fingerprint density at radius 2 is 1.82 bits per heavy atom. The minimum Gasteiger partial charge on any atom is -0.380 e. The number of anilines is 1. The predicted molar refractivity (Wildman–Crippen MR) is 131 cm³/mol. The summed E-state index contributed by atoms with van der Waals surface area (Å²) in [6.07, 6.45) is 1.40. The summed E-state index contributed by atoms with van der Waals surface area (Å²) >= 11 is 0. The molecular weight excluding hydrogens is 430 g/mol. The van der Waals surface area contributed by atoms with Crippen LogP contribution in [-0.4, -0.2) is 71.6 Å². The third-order valence-corrected chi connectivity index (χ3v) is 6.54. The molecule has 3 heterocycles. The molecular formula is C26H29N5O3. The van der Waals surface area contributed by atoms with Crippen molar-refractivity contribution in [2.45, 2.75) is 33.0 Å². The molecule has 0 aliphatic carbocycles. The van der Waals surface area contributed by atoms with Gasteiger partial charge >= 0.3 is 6.03 Å². The van der Waals surface area contributed by atoms with Crippen molar-refractivity contribution in [1.82, 2.24) is 14.7 Å². The number of aryl methyl sites for hydroxylation is 2. The summed E-state index contributed by atoms with van der Waals surface area (Å²) in [7, 11) is 1.70. The van der Waals surface area contributed by atoms with Crippen LogP contribution in [0.4, 0.5) is 10.5 Å². The molecule has 2 atom stereocenters. The first-order chi connectivity index (χ1) is 16.4. The number of benzene rings is 2. The second-order valence-electron chi connectivity index (χ2n) is 8.78. The van der Waals surface area contributed by atoms with Crippen molar-refractivity contribution in [2.24, 2.45) is 4.99 Å².